The fourth-order valence-corrected chi connectivity index (χ4v) is 4.85. The predicted octanol–water partition coefficient (Wildman–Crippen LogP) is 2.55. The van der Waals surface area contributed by atoms with Gasteiger partial charge in [0.05, 0.1) is 5.41 Å². The van der Waals surface area contributed by atoms with Crippen LogP contribution in [0.1, 0.15) is 38.5 Å². The van der Waals surface area contributed by atoms with E-state index in [2.05, 4.69) is 4.74 Å². The number of carbonyl (C=O) groups is 2. The third-order valence-corrected chi connectivity index (χ3v) is 5.21. The summed E-state index contributed by atoms with van der Waals surface area (Å²) in [6, 6.07) is 0. The van der Waals surface area contributed by atoms with Gasteiger partial charge in [-0.25, -0.2) is 4.79 Å². The molecule has 118 valence electrons. The number of alkyl halides is 2. The Hall–Kier alpha value is -1.20. The van der Waals surface area contributed by atoms with Gasteiger partial charge in [0.25, 0.3) is 0 Å². The first-order chi connectivity index (χ1) is 9.98. The van der Waals surface area contributed by atoms with Crippen LogP contribution < -0.4 is 0 Å². The van der Waals surface area contributed by atoms with Crippen molar-refractivity contribution in [2.24, 2.45) is 23.2 Å². The van der Waals surface area contributed by atoms with Crippen molar-refractivity contribution in [2.45, 2.75) is 45.0 Å². The number of rotatable bonds is 5. The molecule has 4 saturated carbocycles. The van der Waals surface area contributed by atoms with Crippen LogP contribution >= 0.6 is 0 Å². The minimum absolute atomic E-state index is 0.140. The normalized spacial score (nSPS) is 36.8. The van der Waals surface area contributed by atoms with Crippen LogP contribution in [0.25, 0.3) is 0 Å². The zero-order valence-corrected chi connectivity index (χ0v) is 11.9. The van der Waals surface area contributed by atoms with Crippen molar-refractivity contribution in [2.75, 3.05) is 13.2 Å². The van der Waals surface area contributed by atoms with Crippen LogP contribution in [0.4, 0.5) is 8.78 Å². The summed E-state index contributed by atoms with van der Waals surface area (Å²) in [4.78, 5) is 23.0. The number of hydrogen-bond acceptors (Lipinski definition) is 4. The van der Waals surface area contributed by atoms with Crippen LogP contribution in [0.5, 0.6) is 0 Å². The smallest absolute Gasteiger partial charge is 0.373 e. The third-order valence-electron chi connectivity index (χ3n) is 5.21. The van der Waals surface area contributed by atoms with E-state index in [4.69, 9.17) is 4.74 Å². The van der Waals surface area contributed by atoms with Crippen molar-refractivity contribution in [3.63, 3.8) is 0 Å². The Morgan fingerprint density at radius 1 is 0.952 bits per heavy atom. The molecule has 0 N–H and O–H groups in total. The van der Waals surface area contributed by atoms with Crippen LogP contribution in [0.2, 0.25) is 0 Å². The first kappa shape index (κ1) is 14.7. The standard InChI is InChI=1S/C15H20F2O4/c16-12(17)13(18)20-1-2-21-14(19)15-6-9-3-10(7-15)5-11(4-9)8-15/h9-12H,1-8H2. The molecular formula is C15H20F2O4. The summed E-state index contributed by atoms with van der Waals surface area (Å²) in [5.74, 6) is 0.122. The maximum Gasteiger partial charge on any atom is 0.373 e. The fourth-order valence-electron chi connectivity index (χ4n) is 4.85. The Bertz CT molecular complexity index is 400. The van der Waals surface area contributed by atoms with Gasteiger partial charge in [-0.1, -0.05) is 0 Å². The lowest BCUT2D eigenvalue weighted by molar-refractivity contribution is -0.175. The Balaban J connectivity index is 1.48. The lowest BCUT2D eigenvalue weighted by Crippen LogP contribution is -2.50. The van der Waals surface area contributed by atoms with Gasteiger partial charge in [0.2, 0.25) is 0 Å². The highest BCUT2D eigenvalue weighted by molar-refractivity contribution is 5.77. The molecule has 0 saturated heterocycles. The summed E-state index contributed by atoms with van der Waals surface area (Å²) in [5, 5.41) is 0. The maximum absolute atomic E-state index is 12.4. The summed E-state index contributed by atoms with van der Waals surface area (Å²) in [6.07, 6.45) is 3.26. The molecule has 0 amide bonds. The second-order valence-corrected chi connectivity index (χ2v) is 6.80. The van der Waals surface area contributed by atoms with Crippen molar-refractivity contribution in [1.82, 2.24) is 0 Å². The van der Waals surface area contributed by atoms with Crippen molar-refractivity contribution in [3.8, 4) is 0 Å². The molecule has 0 spiro atoms. The highest BCUT2D eigenvalue weighted by Crippen LogP contribution is 2.60. The van der Waals surface area contributed by atoms with Gasteiger partial charge in [0, 0.05) is 0 Å². The number of carbonyl (C=O) groups excluding carboxylic acids is 2. The van der Waals surface area contributed by atoms with Gasteiger partial charge in [-0.2, -0.15) is 8.78 Å². The van der Waals surface area contributed by atoms with Crippen molar-refractivity contribution >= 4 is 11.9 Å². The molecule has 4 bridgehead atoms. The lowest BCUT2D eigenvalue weighted by Gasteiger charge is -2.55. The summed E-state index contributed by atoms with van der Waals surface area (Å²) in [5.41, 5.74) is -0.360. The van der Waals surface area contributed by atoms with E-state index in [0.29, 0.717) is 17.8 Å². The largest absolute Gasteiger partial charge is 0.462 e. The van der Waals surface area contributed by atoms with E-state index < -0.39 is 12.4 Å². The monoisotopic (exact) mass is 302 g/mol. The molecule has 0 aromatic carbocycles. The minimum Gasteiger partial charge on any atom is -0.462 e. The number of ether oxygens (including phenoxy) is 2. The molecule has 4 nitrogen and oxygen atoms in total. The Kier molecular flexibility index (Phi) is 3.88. The van der Waals surface area contributed by atoms with E-state index in [-0.39, 0.29) is 24.6 Å². The molecule has 6 heteroatoms. The predicted molar refractivity (Wildman–Crippen MR) is 68.5 cm³/mol. The van der Waals surface area contributed by atoms with E-state index in [1.165, 1.54) is 19.3 Å². The van der Waals surface area contributed by atoms with E-state index in [9.17, 15) is 18.4 Å². The molecule has 0 aromatic rings. The Labute approximate surface area is 122 Å². The molecule has 4 aliphatic rings. The second-order valence-electron chi connectivity index (χ2n) is 6.80. The van der Waals surface area contributed by atoms with Crippen molar-refractivity contribution < 1.29 is 27.8 Å². The molecule has 4 fully saturated rings. The van der Waals surface area contributed by atoms with Crippen molar-refractivity contribution in [3.05, 3.63) is 0 Å². The van der Waals surface area contributed by atoms with Gasteiger partial charge in [-0.05, 0) is 56.3 Å². The summed E-state index contributed by atoms with van der Waals surface area (Å²) < 4.78 is 33.4. The van der Waals surface area contributed by atoms with Crippen LogP contribution in [0.3, 0.4) is 0 Å². The van der Waals surface area contributed by atoms with Crippen molar-refractivity contribution in [1.29, 1.82) is 0 Å². The molecule has 0 aromatic heterocycles. The van der Waals surface area contributed by atoms with Crippen LogP contribution in [-0.2, 0) is 19.1 Å². The molecule has 21 heavy (non-hydrogen) atoms. The van der Waals surface area contributed by atoms with Gasteiger partial charge in [-0.3, -0.25) is 4.79 Å². The zero-order valence-electron chi connectivity index (χ0n) is 11.9. The first-order valence-electron chi connectivity index (χ1n) is 7.60. The van der Waals surface area contributed by atoms with Gasteiger partial charge in [0.15, 0.2) is 0 Å². The molecule has 0 radical (unpaired) electrons. The topological polar surface area (TPSA) is 52.6 Å². The van der Waals surface area contributed by atoms with Gasteiger partial charge < -0.3 is 9.47 Å². The fraction of sp³-hybridized carbons (Fsp3) is 0.867. The zero-order chi connectivity index (χ0) is 15.0. The average molecular weight is 302 g/mol. The minimum atomic E-state index is -3.14. The first-order valence-corrected chi connectivity index (χ1v) is 7.60. The Morgan fingerprint density at radius 2 is 1.43 bits per heavy atom. The van der Waals surface area contributed by atoms with Gasteiger partial charge >= 0.3 is 18.4 Å². The molecule has 4 rings (SSSR count). The molecule has 0 unspecified atom stereocenters. The molecule has 0 heterocycles. The molecular weight excluding hydrogens is 282 g/mol. The lowest BCUT2D eigenvalue weighted by atomic mass is 9.49. The molecule has 0 aliphatic heterocycles. The third kappa shape index (κ3) is 2.90. The number of hydrogen-bond donors (Lipinski definition) is 0. The van der Waals surface area contributed by atoms with Crippen LogP contribution in [-0.4, -0.2) is 31.6 Å². The van der Waals surface area contributed by atoms with E-state index in [0.717, 1.165) is 19.3 Å². The molecule has 4 aliphatic carbocycles. The van der Waals surface area contributed by atoms with E-state index in [1.54, 1.807) is 0 Å². The average Bonchev–Trinajstić information content (AvgIpc) is 2.41. The summed E-state index contributed by atoms with van der Waals surface area (Å²) >= 11 is 0. The van der Waals surface area contributed by atoms with E-state index >= 15 is 0 Å². The highest BCUT2D eigenvalue weighted by atomic mass is 19.3. The highest BCUT2D eigenvalue weighted by Gasteiger charge is 2.55. The van der Waals surface area contributed by atoms with Crippen LogP contribution in [0, 0.1) is 23.2 Å². The van der Waals surface area contributed by atoms with Crippen LogP contribution in [0.15, 0.2) is 0 Å². The Morgan fingerprint density at radius 3 is 1.90 bits per heavy atom. The van der Waals surface area contributed by atoms with Gasteiger partial charge in [0.1, 0.15) is 13.2 Å². The quantitative estimate of drug-likeness (QED) is 0.578. The second kappa shape index (κ2) is 5.54. The SMILES string of the molecule is O=C(OCCOC(=O)C12CC3CC(CC(C3)C1)C2)C(F)F. The van der Waals surface area contributed by atoms with E-state index in [1.807, 2.05) is 0 Å². The number of halogens is 2. The molecule has 0 atom stereocenters. The summed E-state index contributed by atoms with van der Waals surface area (Å²) in [7, 11) is 0. The number of esters is 2. The maximum atomic E-state index is 12.4. The summed E-state index contributed by atoms with van der Waals surface area (Å²) in [6.45, 7) is -0.444. The van der Waals surface area contributed by atoms with Gasteiger partial charge in [-0.15, -0.1) is 0 Å².